The van der Waals surface area contributed by atoms with Crippen LogP contribution in [0.4, 0.5) is 0 Å². The number of nitrogens with zero attached hydrogens (tertiary/aromatic N) is 1. The van der Waals surface area contributed by atoms with Crippen LogP contribution in [0.25, 0.3) is 0 Å². The van der Waals surface area contributed by atoms with E-state index in [2.05, 4.69) is 0 Å². The lowest BCUT2D eigenvalue weighted by Gasteiger charge is -2.39. The zero-order valence-corrected chi connectivity index (χ0v) is 13.3. The van der Waals surface area contributed by atoms with Crippen molar-refractivity contribution in [1.29, 1.82) is 0 Å². The number of aliphatic carboxylic acids is 1. The molecule has 3 rings (SSSR count). The van der Waals surface area contributed by atoms with Crippen molar-refractivity contribution in [3.8, 4) is 11.5 Å². The number of piperidine rings is 1. The number of amides is 1. The molecular weight excluding hydrogens is 298 g/mol. The highest BCUT2D eigenvalue weighted by Gasteiger charge is 2.40. The lowest BCUT2D eigenvalue weighted by Crippen LogP contribution is -2.54. The molecule has 0 radical (unpaired) electrons. The minimum atomic E-state index is -0.853. The maximum Gasteiger partial charge on any atom is 0.308 e. The smallest absolute Gasteiger partial charge is 0.308 e. The second-order valence-electron chi connectivity index (χ2n) is 6.43. The average molecular weight is 319 g/mol. The van der Waals surface area contributed by atoms with E-state index >= 15 is 0 Å². The Balaban J connectivity index is 1.76. The Kier molecular flexibility index (Phi) is 4.15. The van der Waals surface area contributed by atoms with E-state index in [1.807, 2.05) is 19.1 Å². The number of likely N-dealkylation sites (tertiary alicyclic amines) is 1. The largest absolute Gasteiger partial charge is 0.482 e. The van der Waals surface area contributed by atoms with Gasteiger partial charge in [-0.1, -0.05) is 19.1 Å². The molecule has 1 aromatic carbocycles. The van der Waals surface area contributed by atoms with E-state index in [9.17, 15) is 14.7 Å². The van der Waals surface area contributed by atoms with Gasteiger partial charge in [0.25, 0.3) is 5.91 Å². The monoisotopic (exact) mass is 319 g/mol. The van der Waals surface area contributed by atoms with Crippen LogP contribution in [-0.2, 0) is 9.59 Å². The molecule has 6 nitrogen and oxygen atoms in total. The summed E-state index contributed by atoms with van der Waals surface area (Å²) in [7, 11) is 0. The van der Waals surface area contributed by atoms with Crippen molar-refractivity contribution in [2.75, 3.05) is 13.1 Å². The van der Waals surface area contributed by atoms with Crippen LogP contribution in [0.2, 0.25) is 0 Å². The summed E-state index contributed by atoms with van der Waals surface area (Å²) in [5.74, 6) is -0.252. The number of para-hydroxylation sites is 2. The van der Waals surface area contributed by atoms with Gasteiger partial charge in [-0.15, -0.1) is 0 Å². The van der Waals surface area contributed by atoms with Crippen molar-refractivity contribution >= 4 is 11.9 Å². The van der Waals surface area contributed by atoms with Gasteiger partial charge in [0.2, 0.25) is 6.10 Å². The molecule has 0 spiro atoms. The van der Waals surface area contributed by atoms with Crippen molar-refractivity contribution in [1.82, 2.24) is 4.90 Å². The summed E-state index contributed by atoms with van der Waals surface area (Å²) in [4.78, 5) is 25.7. The maximum atomic E-state index is 12.8. The van der Waals surface area contributed by atoms with E-state index in [1.165, 1.54) is 0 Å². The Labute approximate surface area is 135 Å². The lowest BCUT2D eigenvalue weighted by molar-refractivity contribution is -0.152. The molecule has 2 aliphatic rings. The van der Waals surface area contributed by atoms with Crippen LogP contribution in [0.3, 0.4) is 0 Å². The quantitative estimate of drug-likeness (QED) is 0.899. The highest BCUT2D eigenvalue weighted by molar-refractivity contribution is 5.83. The molecule has 2 heterocycles. The van der Waals surface area contributed by atoms with Crippen molar-refractivity contribution < 1.29 is 24.2 Å². The minimum absolute atomic E-state index is 0.154. The third-order valence-electron chi connectivity index (χ3n) is 4.41. The topological polar surface area (TPSA) is 76.1 Å². The molecule has 0 bridgehead atoms. The number of ether oxygens (including phenoxy) is 2. The van der Waals surface area contributed by atoms with Gasteiger partial charge < -0.3 is 19.5 Å². The summed E-state index contributed by atoms with van der Waals surface area (Å²) in [5.41, 5.74) is 0. The van der Waals surface area contributed by atoms with Crippen LogP contribution in [0.15, 0.2) is 24.3 Å². The van der Waals surface area contributed by atoms with Crippen LogP contribution >= 0.6 is 0 Å². The molecule has 0 aromatic heterocycles. The molecule has 1 aromatic rings. The molecule has 4 atom stereocenters. The van der Waals surface area contributed by atoms with E-state index < -0.39 is 24.1 Å². The molecule has 1 N–H and O–H groups in total. The van der Waals surface area contributed by atoms with E-state index in [0.717, 1.165) is 0 Å². The Bertz CT molecular complexity index is 617. The Morgan fingerprint density at radius 1 is 1.13 bits per heavy atom. The highest BCUT2D eigenvalue weighted by atomic mass is 16.6. The molecule has 1 amide bonds. The van der Waals surface area contributed by atoms with E-state index in [1.54, 1.807) is 24.0 Å². The summed E-state index contributed by atoms with van der Waals surface area (Å²) >= 11 is 0. The standard InChI is InChI=1S/C17H21NO5/c1-10-7-12(17(20)21)9-18(8-10)16(19)15-11(2)22-13-5-3-4-6-14(13)23-15/h3-6,10-12,15H,7-9H2,1-2H3,(H,20,21). The van der Waals surface area contributed by atoms with Crippen LogP contribution in [0.5, 0.6) is 11.5 Å². The summed E-state index contributed by atoms with van der Waals surface area (Å²) in [5, 5.41) is 9.25. The first-order valence-corrected chi connectivity index (χ1v) is 7.89. The first-order valence-electron chi connectivity index (χ1n) is 7.89. The van der Waals surface area contributed by atoms with Crippen LogP contribution in [0.1, 0.15) is 20.3 Å². The zero-order chi connectivity index (χ0) is 16.6. The minimum Gasteiger partial charge on any atom is -0.482 e. The fraction of sp³-hybridized carbons (Fsp3) is 0.529. The predicted octanol–water partition coefficient (Wildman–Crippen LogP) is 1.78. The van der Waals surface area contributed by atoms with E-state index in [-0.39, 0.29) is 18.4 Å². The summed E-state index contributed by atoms with van der Waals surface area (Å²) in [6, 6.07) is 7.24. The molecule has 4 unspecified atom stereocenters. The van der Waals surface area contributed by atoms with Gasteiger partial charge in [-0.05, 0) is 31.4 Å². The molecule has 6 heteroatoms. The summed E-state index contributed by atoms with van der Waals surface area (Å²) < 4.78 is 11.6. The van der Waals surface area contributed by atoms with Crippen molar-refractivity contribution in [3.63, 3.8) is 0 Å². The van der Waals surface area contributed by atoms with Gasteiger partial charge in [0, 0.05) is 13.1 Å². The Hall–Kier alpha value is -2.24. The van der Waals surface area contributed by atoms with Gasteiger partial charge in [-0.2, -0.15) is 0 Å². The summed E-state index contributed by atoms with van der Waals surface area (Å²) in [6.45, 7) is 4.54. The number of rotatable bonds is 2. The number of carbonyl (C=O) groups excluding carboxylic acids is 1. The van der Waals surface area contributed by atoms with Gasteiger partial charge in [0.1, 0.15) is 6.10 Å². The van der Waals surface area contributed by atoms with Gasteiger partial charge in [0.05, 0.1) is 5.92 Å². The van der Waals surface area contributed by atoms with Crippen molar-refractivity contribution in [3.05, 3.63) is 24.3 Å². The number of fused-ring (bicyclic) bond motifs is 1. The number of benzene rings is 1. The second kappa shape index (κ2) is 6.10. The highest BCUT2D eigenvalue weighted by Crippen LogP contribution is 2.34. The van der Waals surface area contributed by atoms with Gasteiger partial charge in [0.15, 0.2) is 11.5 Å². The number of carboxylic acid groups (broad SMARTS) is 1. The Morgan fingerprint density at radius 3 is 2.43 bits per heavy atom. The van der Waals surface area contributed by atoms with Crippen LogP contribution in [0, 0.1) is 11.8 Å². The molecule has 1 fully saturated rings. The van der Waals surface area contributed by atoms with E-state index in [4.69, 9.17) is 9.47 Å². The number of hydrogen-bond acceptors (Lipinski definition) is 4. The predicted molar refractivity (Wildman–Crippen MR) is 82.4 cm³/mol. The molecule has 0 saturated carbocycles. The third kappa shape index (κ3) is 3.11. The first-order chi connectivity index (χ1) is 11.0. The Morgan fingerprint density at radius 2 is 1.78 bits per heavy atom. The normalized spacial score (nSPS) is 29.9. The fourth-order valence-corrected chi connectivity index (χ4v) is 3.28. The van der Waals surface area contributed by atoms with Crippen LogP contribution < -0.4 is 9.47 Å². The molecule has 23 heavy (non-hydrogen) atoms. The first kappa shape index (κ1) is 15.6. The molecule has 0 aliphatic carbocycles. The second-order valence-corrected chi connectivity index (χ2v) is 6.43. The molecular formula is C17H21NO5. The molecule has 1 saturated heterocycles. The number of carboxylic acids is 1. The lowest BCUT2D eigenvalue weighted by atomic mass is 9.90. The van der Waals surface area contributed by atoms with Crippen molar-refractivity contribution in [2.24, 2.45) is 11.8 Å². The van der Waals surface area contributed by atoms with Gasteiger partial charge >= 0.3 is 5.97 Å². The van der Waals surface area contributed by atoms with Gasteiger partial charge in [-0.3, -0.25) is 9.59 Å². The third-order valence-corrected chi connectivity index (χ3v) is 4.41. The average Bonchev–Trinajstić information content (AvgIpc) is 2.53. The molecule has 2 aliphatic heterocycles. The van der Waals surface area contributed by atoms with E-state index in [0.29, 0.717) is 24.5 Å². The summed E-state index contributed by atoms with van der Waals surface area (Å²) in [6.07, 6.45) is -0.568. The zero-order valence-electron chi connectivity index (χ0n) is 13.3. The fourth-order valence-electron chi connectivity index (χ4n) is 3.28. The van der Waals surface area contributed by atoms with Crippen LogP contribution in [-0.4, -0.2) is 47.2 Å². The number of carbonyl (C=O) groups is 2. The SMILES string of the molecule is CC1CC(C(=O)O)CN(C(=O)C2Oc3ccccc3OC2C)C1. The van der Waals surface area contributed by atoms with Crippen molar-refractivity contribution in [2.45, 2.75) is 32.5 Å². The van der Waals surface area contributed by atoms with Gasteiger partial charge in [-0.25, -0.2) is 0 Å². The molecule has 124 valence electrons. The number of hydrogen-bond donors (Lipinski definition) is 1. The maximum absolute atomic E-state index is 12.8.